The molecule has 0 fully saturated rings. The van der Waals surface area contributed by atoms with Crippen molar-refractivity contribution < 1.29 is 0 Å². The minimum Gasteiger partial charge on any atom is -0.360 e. The first-order chi connectivity index (χ1) is 9.28. The Hall–Kier alpha value is -2.22. The highest BCUT2D eigenvalue weighted by Gasteiger charge is 2.13. The standard InChI is InChI=1S/C11H13N7S/c1-6(10-13-3-4-19-10)15-8-7-5-14-18-9(7)17-11(12-2)16-8/h3-6H,1-2H3,(H3,12,14,15,16,17,18). The van der Waals surface area contributed by atoms with E-state index < -0.39 is 0 Å². The molecule has 7 nitrogen and oxygen atoms in total. The van der Waals surface area contributed by atoms with Gasteiger partial charge in [0, 0.05) is 18.6 Å². The van der Waals surface area contributed by atoms with Gasteiger partial charge in [0.2, 0.25) is 5.95 Å². The molecule has 98 valence electrons. The number of anilines is 2. The molecule has 0 aliphatic carbocycles. The van der Waals surface area contributed by atoms with Crippen LogP contribution in [-0.2, 0) is 0 Å². The first-order valence-electron chi connectivity index (χ1n) is 5.82. The number of nitrogens with zero attached hydrogens (tertiary/aromatic N) is 4. The summed E-state index contributed by atoms with van der Waals surface area (Å²) >= 11 is 1.61. The maximum absolute atomic E-state index is 4.42. The van der Waals surface area contributed by atoms with E-state index in [1.54, 1.807) is 30.8 Å². The third-order valence-corrected chi connectivity index (χ3v) is 3.67. The van der Waals surface area contributed by atoms with Gasteiger partial charge < -0.3 is 10.6 Å². The van der Waals surface area contributed by atoms with Crippen LogP contribution in [0.15, 0.2) is 17.8 Å². The number of hydrogen-bond donors (Lipinski definition) is 3. The Balaban J connectivity index is 1.97. The normalized spacial score (nSPS) is 12.5. The average Bonchev–Trinajstić information content (AvgIpc) is 3.09. The lowest BCUT2D eigenvalue weighted by atomic mass is 10.3. The van der Waals surface area contributed by atoms with Crippen LogP contribution < -0.4 is 10.6 Å². The highest BCUT2D eigenvalue weighted by Crippen LogP contribution is 2.25. The molecule has 0 aromatic carbocycles. The van der Waals surface area contributed by atoms with E-state index >= 15 is 0 Å². The van der Waals surface area contributed by atoms with Crippen molar-refractivity contribution in [1.29, 1.82) is 0 Å². The molecule has 3 aromatic heterocycles. The van der Waals surface area contributed by atoms with Gasteiger partial charge in [-0.2, -0.15) is 15.1 Å². The summed E-state index contributed by atoms with van der Waals surface area (Å²) < 4.78 is 0. The minimum atomic E-state index is 0.0812. The highest BCUT2D eigenvalue weighted by molar-refractivity contribution is 7.09. The molecule has 3 heterocycles. The maximum atomic E-state index is 4.42. The van der Waals surface area contributed by atoms with E-state index in [0.717, 1.165) is 16.2 Å². The molecule has 0 aliphatic heterocycles. The van der Waals surface area contributed by atoms with Gasteiger partial charge in [0.1, 0.15) is 10.8 Å². The quantitative estimate of drug-likeness (QED) is 0.674. The van der Waals surface area contributed by atoms with Crippen LogP contribution in [0.5, 0.6) is 0 Å². The number of rotatable bonds is 4. The zero-order valence-electron chi connectivity index (χ0n) is 10.5. The highest BCUT2D eigenvalue weighted by atomic mass is 32.1. The van der Waals surface area contributed by atoms with Crippen molar-refractivity contribution in [3.8, 4) is 0 Å². The lowest BCUT2D eigenvalue weighted by Crippen LogP contribution is -2.09. The van der Waals surface area contributed by atoms with E-state index in [2.05, 4.69) is 35.8 Å². The molecule has 3 aromatic rings. The maximum Gasteiger partial charge on any atom is 0.226 e. The first kappa shape index (κ1) is 11.8. The lowest BCUT2D eigenvalue weighted by Gasteiger charge is -2.13. The van der Waals surface area contributed by atoms with Gasteiger partial charge in [-0.05, 0) is 6.92 Å². The molecule has 3 N–H and O–H groups in total. The predicted molar refractivity (Wildman–Crippen MR) is 75.4 cm³/mol. The number of H-pyrrole nitrogens is 1. The summed E-state index contributed by atoms with van der Waals surface area (Å²) in [6.45, 7) is 2.05. The van der Waals surface area contributed by atoms with Crippen LogP contribution in [0, 0.1) is 0 Å². The Morgan fingerprint density at radius 2 is 2.26 bits per heavy atom. The Labute approximate surface area is 113 Å². The molecular formula is C11H13N7S. The minimum absolute atomic E-state index is 0.0812. The van der Waals surface area contributed by atoms with Crippen LogP contribution in [0.2, 0.25) is 0 Å². The second-order valence-electron chi connectivity index (χ2n) is 4.01. The SMILES string of the molecule is CNc1nc(NC(C)c2nccs2)c2cn[nH]c2n1. The molecule has 0 bridgehead atoms. The first-order valence-corrected chi connectivity index (χ1v) is 6.70. The van der Waals surface area contributed by atoms with Crippen LogP contribution >= 0.6 is 11.3 Å². The molecule has 1 unspecified atom stereocenters. The molecular weight excluding hydrogens is 262 g/mol. The Morgan fingerprint density at radius 3 is 3.00 bits per heavy atom. The second-order valence-corrected chi connectivity index (χ2v) is 4.94. The summed E-state index contributed by atoms with van der Waals surface area (Å²) in [4.78, 5) is 13.0. The van der Waals surface area contributed by atoms with Gasteiger partial charge in [-0.25, -0.2) is 4.98 Å². The van der Waals surface area contributed by atoms with Crippen molar-refractivity contribution in [1.82, 2.24) is 25.1 Å². The Kier molecular flexibility index (Phi) is 3.00. The van der Waals surface area contributed by atoms with Gasteiger partial charge in [0.25, 0.3) is 0 Å². The van der Waals surface area contributed by atoms with Crippen LogP contribution in [-0.4, -0.2) is 32.2 Å². The van der Waals surface area contributed by atoms with Crippen molar-refractivity contribution in [2.75, 3.05) is 17.7 Å². The van der Waals surface area contributed by atoms with Crippen molar-refractivity contribution in [3.05, 3.63) is 22.8 Å². The van der Waals surface area contributed by atoms with E-state index in [1.807, 2.05) is 12.3 Å². The molecule has 0 saturated carbocycles. The summed E-state index contributed by atoms with van der Waals surface area (Å²) in [5.41, 5.74) is 0.702. The molecule has 0 saturated heterocycles. The fourth-order valence-electron chi connectivity index (χ4n) is 1.77. The number of aromatic nitrogens is 5. The van der Waals surface area contributed by atoms with Crippen LogP contribution in [0.1, 0.15) is 18.0 Å². The monoisotopic (exact) mass is 275 g/mol. The molecule has 0 radical (unpaired) electrons. The summed E-state index contributed by atoms with van der Waals surface area (Å²) in [6, 6.07) is 0.0812. The molecule has 1 atom stereocenters. The van der Waals surface area contributed by atoms with E-state index in [-0.39, 0.29) is 6.04 Å². The van der Waals surface area contributed by atoms with Crippen molar-refractivity contribution in [2.45, 2.75) is 13.0 Å². The zero-order chi connectivity index (χ0) is 13.2. The van der Waals surface area contributed by atoms with Gasteiger partial charge in [-0.15, -0.1) is 11.3 Å². The number of thiazole rings is 1. The van der Waals surface area contributed by atoms with E-state index in [4.69, 9.17) is 0 Å². The fourth-order valence-corrected chi connectivity index (χ4v) is 2.42. The molecule has 8 heteroatoms. The van der Waals surface area contributed by atoms with Crippen molar-refractivity contribution in [3.63, 3.8) is 0 Å². The Morgan fingerprint density at radius 1 is 1.37 bits per heavy atom. The number of nitrogens with one attached hydrogen (secondary N) is 3. The second kappa shape index (κ2) is 4.81. The number of hydrogen-bond acceptors (Lipinski definition) is 7. The number of aromatic amines is 1. The van der Waals surface area contributed by atoms with Gasteiger partial charge >= 0.3 is 0 Å². The van der Waals surface area contributed by atoms with Crippen LogP contribution in [0.4, 0.5) is 11.8 Å². The molecule has 3 rings (SSSR count). The van der Waals surface area contributed by atoms with Crippen molar-refractivity contribution in [2.24, 2.45) is 0 Å². The summed E-state index contributed by atoms with van der Waals surface area (Å²) in [6.07, 6.45) is 3.51. The summed E-state index contributed by atoms with van der Waals surface area (Å²) in [5, 5.41) is 17.0. The fraction of sp³-hybridized carbons (Fsp3) is 0.273. The van der Waals surface area contributed by atoms with Gasteiger partial charge in [-0.1, -0.05) is 0 Å². The van der Waals surface area contributed by atoms with E-state index in [1.165, 1.54) is 0 Å². The average molecular weight is 275 g/mol. The van der Waals surface area contributed by atoms with Gasteiger partial charge in [0.15, 0.2) is 5.65 Å². The van der Waals surface area contributed by atoms with Crippen LogP contribution in [0.3, 0.4) is 0 Å². The topological polar surface area (TPSA) is 91.4 Å². The van der Waals surface area contributed by atoms with Crippen molar-refractivity contribution >= 4 is 34.1 Å². The van der Waals surface area contributed by atoms with E-state index in [9.17, 15) is 0 Å². The van der Waals surface area contributed by atoms with Crippen LogP contribution in [0.25, 0.3) is 11.0 Å². The number of fused-ring (bicyclic) bond motifs is 1. The zero-order valence-corrected chi connectivity index (χ0v) is 11.3. The lowest BCUT2D eigenvalue weighted by molar-refractivity contribution is 0.862. The molecule has 0 amide bonds. The summed E-state index contributed by atoms with van der Waals surface area (Å²) in [7, 11) is 1.78. The predicted octanol–water partition coefficient (Wildman–Crippen LogP) is 2.02. The molecule has 19 heavy (non-hydrogen) atoms. The van der Waals surface area contributed by atoms with Gasteiger partial charge in [0.05, 0.1) is 17.6 Å². The largest absolute Gasteiger partial charge is 0.360 e. The smallest absolute Gasteiger partial charge is 0.226 e. The third-order valence-electron chi connectivity index (χ3n) is 2.71. The van der Waals surface area contributed by atoms with E-state index in [0.29, 0.717) is 11.6 Å². The Bertz CT molecular complexity index is 675. The summed E-state index contributed by atoms with van der Waals surface area (Å²) in [5.74, 6) is 1.29. The third kappa shape index (κ3) is 2.22. The molecule has 0 aliphatic rings. The molecule has 0 spiro atoms. The van der Waals surface area contributed by atoms with Gasteiger partial charge in [-0.3, -0.25) is 5.10 Å².